The number of benzene rings is 2. The molecule has 8 heteroatoms. The van der Waals surface area contributed by atoms with Crippen molar-refractivity contribution in [3.05, 3.63) is 58.8 Å². The fourth-order valence-corrected chi connectivity index (χ4v) is 2.62. The Morgan fingerprint density at radius 2 is 1.61 bits per heavy atom. The third kappa shape index (κ3) is 3.18. The van der Waals surface area contributed by atoms with Gasteiger partial charge in [0.1, 0.15) is 0 Å². The summed E-state index contributed by atoms with van der Waals surface area (Å²) in [7, 11) is -5.00. The molecule has 0 amide bonds. The minimum absolute atomic E-state index is 0.00884. The van der Waals surface area contributed by atoms with Gasteiger partial charge in [-0.15, -0.1) is 0 Å². The van der Waals surface area contributed by atoms with E-state index >= 15 is 0 Å². The predicted octanol–water partition coefficient (Wildman–Crippen LogP) is 1.93. The summed E-state index contributed by atoms with van der Waals surface area (Å²) < 4.78 is 10.3. The van der Waals surface area contributed by atoms with E-state index in [0.717, 1.165) is 0 Å². The molecule has 120 valence electrons. The first-order chi connectivity index (χ1) is 10.8. The van der Waals surface area contributed by atoms with Crippen molar-refractivity contribution in [2.24, 2.45) is 0 Å². The van der Waals surface area contributed by atoms with Crippen LogP contribution < -0.4 is 9.95 Å². The van der Waals surface area contributed by atoms with Crippen LogP contribution in [-0.4, -0.2) is 19.8 Å². The molecule has 0 aliphatic rings. The Hall–Kier alpha value is -2.44. The van der Waals surface area contributed by atoms with Gasteiger partial charge in [0.15, 0.2) is 0 Å². The van der Waals surface area contributed by atoms with E-state index in [0.29, 0.717) is 5.56 Å². The second-order valence-corrected chi connectivity index (χ2v) is 6.16. The van der Waals surface area contributed by atoms with Crippen LogP contribution in [0.2, 0.25) is 0 Å². The zero-order valence-corrected chi connectivity index (χ0v) is 12.6. The van der Waals surface area contributed by atoms with Crippen molar-refractivity contribution in [2.75, 3.05) is 0 Å². The molecule has 0 bridgehead atoms. The zero-order chi connectivity index (χ0) is 16.6. The molecule has 3 rings (SSSR count). The van der Waals surface area contributed by atoms with Crippen molar-refractivity contribution < 1.29 is 28.7 Å². The molecule has 1 heterocycles. The fraction of sp³-hybridized carbons (Fsp3) is 0. The van der Waals surface area contributed by atoms with E-state index in [1.165, 1.54) is 30.3 Å². The van der Waals surface area contributed by atoms with E-state index in [1.807, 2.05) is 0 Å². The molecule has 1 aromatic heterocycles. The Bertz CT molecular complexity index is 910. The van der Waals surface area contributed by atoms with E-state index < -0.39 is 19.3 Å². The molecule has 0 atom stereocenters. The molecular formula is C15H13O7P. The number of hydrogen-bond acceptors (Lipinski definition) is 7. The fourth-order valence-electron chi connectivity index (χ4n) is 2.16. The molecule has 0 fully saturated rings. The Balaban J connectivity index is 2.31. The summed E-state index contributed by atoms with van der Waals surface area (Å²) in [6.07, 6.45) is 0. The third-order valence-corrected chi connectivity index (χ3v) is 3.60. The van der Waals surface area contributed by atoms with Gasteiger partial charge in [-0.1, -0.05) is 0 Å². The summed E-state index contributed by atoms with van der Waals surface area (Å²) in [5, 5.41) is 9.52. The van der Waals surface area contributed by atoms with E-state index in [2.05, 4.69) is 0 Å². The van der Waals surface area contributed by atoms with Gasteiger partial charge in [0.25, 0.3) is 0 Å². The van der Waals surface area contributed by atoms with Crippen LogP contribution in [0.5, 0.6) is 11.5 Å². The Kier molecular flexibility index (Phi) is 3.79. The molecule has 3 aromatic rings. The maximum atomic E-state index is 12.5. The first-order valence-electron chi connectivity index (χ1n) is 6.56. The van der Waals surface area contributed by atoms with Crippen LogP contribution in [0.25, 0.3) is 22.3 Å². The Labute approximate surface area is 130 Å². The van der Waals surface area contributed by atoms with Gasteiger partial charge in [0.2, 0.25) is 0 Å². The van der Waals surface area contributed by atoms with Gasteiger partial charge in [0, 0.05) is 0 Å². The summed E-state index contributed by atoms with van der Waals surface area (Å²) in [5.41, 5.74) is -0.0168. The second kappa shape index (κ2) is 5.64. The van der Waals surface area contributed by atoms with Gasteiger partial charge in [-0.05, 0) is 0 Å². The Morgan fingerprint density at radius 1 is 0.957 bits per heavy atom. The quantitative estimate of drug-likeness (QED) is 0.539. The molecule has 0 saturated carbocycles. The van der Waals surface area contributed by atoms with Crippen molar-refractivity contribution in [1.82, 2.24) is 0 Å². The zero-order valence-electron chi connectivity index (χ0n) is 11.6. The molecule has 0 spiro atoms. The molecule has 0 unspecified atom stereocenters. The predicted molar refractivity (Wildman–Crippen MR) is 85.2 cm³/mol. The van der Waals surface area contributed by atoms with Crippen LogP contribution in [0.15, 0.2) is 57.7 Å². The van der Waals surface area contributed by atoms with Gasteiger partial charge >= 0.3 is 129 Å². The summed E-state index contributed by atoms with van der Waals surface area (Å²) in [5.74, 6) is -0.578. The monoisotopic (exact) mass is 336 g/mol. The average molecular weight is 336 g/mol. The van der Waals surface area contributed by atoms with Gasteiger partial charge < -0.3 is 0 Å². The van der Waals surface area contributed by atoms with Gasteiger partial charge in [-0.25, -0.2) is 0 Å². The van der Waals surface area contributed by atoms with Crippen LogP contribution in [0, 0.1) is 0 Å². The topological polar surface area (TPSA) is 120 Å². The minimum atomic E-state index is -5.00. The van der Waals surface area contributed by atoms with Crippen LogP contribution >= 0.6 is 8.17 Å². The molecule has 0 aliphatic carbocycles. The number of phenols is 1. The summed E-state index contributed by atoms with van der Waals surface area (Å²) in [6, 6.07) is 12.0. The van der Waals surface area contributed by atoms with E-state index in [4.69, 9.17) is 8.94 Å². The molecule has 23 heavy (non-hydrogen) atoms. The van der Waals surface area contributed by atoms with Crippen LogP contribution in [-0.2, 0) is 0 Å². The van der Waals surface area contributed by atoms with Crippen LogP contribution in [0.3, 0.4) is 0 Å². The molecule has 0 radical (unpaired) electrons. The molecular weight excluding hydrogens is 323 g/mol. The van der Waals surface area contributed by atoms with Gasteiger partial charge in [-0.3, -0.25) is 0 Å². The van der Waals surface area contributed by atoms with Crippen molar-refractivity contribution in [2.45, 2.75) is 0 Å². The normalized spacial score (nSPS) is 12.3. The van der Waals surface area contributed by atoms with Crippen LogP contribution in [0.4, 0.5) is 0 Å². The van der Waals surface area contributed by atoms with E-state index in [9.17, 15) is 24.6 Å². The average Bonchev–Trinajstić information content (AvgIpc) is 2.50. The molecule has 7 nitrogen and oxygen atoms in total. The molecule has 0 aliphatic heterocycles. The molecule has 4 N–H and O–H groups in total. The van der Waals surface area contributed by atoms with Crippen molar-refractivity contribution >= 4 is 19.1 Å². The number of aromatic hydroxyl groups is 1. The first kappa shape index (κ1) is 15.5. The number of hydrogen-bond donors (Lipinski definition) is 4. The maximum absolute atomic E-state index is 12.5. The van der Waals surface area contributed by atoms with Crippen molar-refractivity contribution in [1.29, 1.82) is 0 Å². The first-order valence-corrected chi connectivity index (χ1v) is 8.31. The van der Waals surface area contributed by atoms with Gasteiger partial charge in [0.05, 0.1) is 0 Å². The van der Waals surface area contributed by atoms with E-state index in [1.54, 1.807) is 18.2 Å². The SMILES string of the molecule is O=c1c(O[PH](O)(O)O)c(-c2ccc(O)cc2)oc2ccccc12. The van der Waals surface area contributed by atoms with Crippen molar-refractivity contribution in [3.63, 3.8) is 0 Å². The second-order valence-electron chi connectivity index (χ2n) is 4.81. The number of phenolic OH excluding ortho intramolecular Hbond substituents is 1. The summed E-state index contributed by atoms with van der Waals surface area (Å²) >= 11 is 0. The van der Waals surface area contributed by atoms with Crippen molar-refractivity contribution in [3.8, 4) is 22.8 Å². The summed E-state index contributed by atoms with van der Waals surface area (Å²) in [4.78, 5) is 40.1. The van der Waals surface area contributed by atoms with Gasteiger partial charge in [-0.2, -0.15) is 0 Å². The number of para-hydroxylation sites is 1. The number of fused-ring (bicyclic) bond motifs is 1. The number of rotatable bonds is 3. The molecule has 0 saturated heterocycles. The Morgan fingerprint density at radius 3 is 2.26 bits per heavy atom. The summed E-state index contributed by atoms with van der Waals surface area (Å²) in [6.45, 7) is 0. The molecule has 2 aromatic carbocycles. The third-order valence-electron chi connectivity index (χ3n) is 3.12. The van der Waals surface area contributed by atoms with Crippen LogP contribution in [0.1, 0.15) is 0 Å². The standard InChI is InChI=1S/C15H13O7P/c16-10-7-5-9(6-8-10)14-15(22-23(18,19)20)13(17)11-3-1-2-4-12(11)21-14/h1-8,16,18-20,23H. The van der Waals surface area contributed by atoms with E-state index in [-0.39, 0.29) is 22.5 Å².